The van der Waals surface area contributed by atoms with E-state index >= 15 is 0 Å². The van der Waals surface area contributed by atoms with Gasteiger partial charge in [-0.25, -0.2) is 0 Å². The third-order valence-corrected chi connectivity index (χ3v) is 4.58. The molecule has 23 heavy (non-hydrogen) atoms. The molecular formula is C21H23NO. The molecule has 2 nitrogen and oxygen atoms in total. The van der Waals surface area contributed by atoms with Crippen molar-refractivity contribution in [3.05, 3.63) is 70.8 Å². The first kappa shape index (κ1) is 15.5. The Bertz CT molecular complexity index is 767. The lowest BCUT2D eigenvalue weighted by Gasteiger charge is -2.33. The Morgan fingerprint density at radius 3 is 2.30 bits per heavy atom. The molecule has 0 fully saturated rings. The second-order valence-electron chi connectivity index (χ2n) is 7.09. The maximum absolute atomic E-state index is 12.8. The molecule has 0 unspecified atom stereocenters. The number of nitrogens with zero attached hydrogens (tertiary/aromatic N) is 1. The zero-order valence-electron chi connectivity index (χ0n) is 14.3. The number of carbonyl (C=O) groups excluding carboxylic acids is 1. The molecule has 0 spiro atoms. The second-order valence-corrected chi connectivity index (χ2v) is 7.09. The smallest absolute Gasteiger partial charge is 0.189 e. The number of carbonyl (C=O) groups is 1. The fourth-order valence-electron chi connectivity index (χ4n) is 3.28. The lowest BCUT2D eigenvalue weighted by atomic mass is 9.70. The molecule has 2 aromatic carbocycles. The Balaban J connectivity index is 1.99. The number of hydrogen-bond acceptors (Lipinski definition) is 2. The standard InChI is InChI=1S/C21H23NO/c1-21(2)14-16(20(23)18-7-5-6-8-19(18)21)13-15-9-11-17(12-10-15)22(3)4/h5-13H,14H2,1-4H3/b16-13-. The minimum atomic E-state index is -0.0140. The highest BCUT2D eigenvalue weighted by Crippen LogP contribution is 2.39. The average molecular weight is 305 g/mol. The Hall–Kier alpha value is -2.35. The zero-order valence-corrected chi connectivity index (χ0v) is 14.3. The topological polar surface area (TPSA) is 20.3 Å². The van der Waals surface area contributed by atoms with Gasteiger partial charge >= 0.3 is 0 Å². The lowest BCUT2D eigenvalue weighted by Crippen LogP contribution is -2.29. The van der Waals surface area contributed by atoms with Gasteiger partial charge in [0.25, 0.3) is 0 Å². The van der Waals surface area contributed by atoms with Crippen LogP contribution in [-0.2, 0) is 5.41 Å². The molecular weight excluding hydrogens is 282 g/mol. The van der Waals surface area contributed by atoms with E-state index in [1.807, 2.05) is 38.4 Å². The van der Waals surface area contributed by atoms with Crippen molar-refractivity contribution in [2.24, 2.45) is 0 Å². The largest absolute Gasteiger partial charge is 0.378 e. The summed E-state index contributed by atoms with van der Waals surface area (Å²) < 4.78 is 0. The highest BCUT2D eigenvalue weighted by atomic mass is 16.1. The highest BCUT2D eigenvalue weighted by Gasteiger charge is 2.34. The minimum Gasteiger partial charge on any atom is -0.378 e. The van der Waals surface area contributed by atoms with E-state index in [4.69, 9.17) is 0 Å². The van der Waals surface area contributed by atoms with Crippen LogP contribution >= 0.6 is 0 Å². The van der Waals surface area contributed by atoms with Crippen LogP contribution in [-0.4, -0.2) is 19.9 Å². The normalized spacial score (nSPS) is 17.9. The zero-order chi connectivity index (χ0) is 16.6. The van der Waals surface area contributed by atoms with Gasteiger partial charge in [0, 0.05) is 30.9 Å². The maximum Gasteiger partial charge on any atom is 0.189 e. The molecule has 0 saturated carbocycles. The van der Waals surface area contributed by atoms with Gasteiger partial charge in [0.2, 0.25) is 0 Å². The van der Waals surface area contributed by atoms with Gasteiger partial charge in [-0.05, 0) is 41.2 Å². The quantitative estimate of drug-likeness (QED) is 0.750. The molecule has 1 aliphatic rings. The van der Waals surface area contributed by atoms with Gasteiger partial charge in [-0.1, -0.05) is 50.2 Å². The Labute approximate surface area is 138 Å². The van der Waals surface area contributed by atoms with Crippen LogP contribution in [0.5, 0.6) is 0 Å². The highest BCUT2D eigenvalue weighted by molar-refractivity contribution is 6.13. The van der Waals surface area contributed by atoms with E-state index < -0.39 is 0 Å². The van der Waals surface area contributed by atoms with E-state index in [0.717, 1.165) is 34.4 Å². The summed E-state index contributed by atoms with van der Waals surface area (Å²) in [6.07, 6.45) is 2.82. The van der Waals surface area contributed by atoms with Crippen LogP contribution in [0.25, 0.3) is 6.08 Å². The van der Waals surface area contributed by atoms with Crippen molar-refractivity contribution in [2.75, 3.05) is 19.0 Å². The number of allylic oxidation sites excluding steroid dienone is 1. The van der Waals surface area contributed by atoms with Crippen molar-refractivity contribution < 1.29 is 4.79 Å². The fraction of sp³-hybridized carbons (Fsp3) is 0.286. The van der Waals surface area contributed by atoms with Gasteiger partial charge in [-0.3, -0.25) is 4.79 Å². The third-order valence-electron chi connectivity index (χ3n) is 4.58. The van der Waals surface area contributed by atoms with Crippen LogP contribution in [0.1, 0.15) is 41.8 Å². The molecule has 118 valence electrons. The van der Waals surface area contributed by atoms with Crippen LogP contribution < -0.4 is 4.90 Å². The molecule has 0 atom stereocenters. The van der Waals surface area contributed by atoms with E-state index in [-0.39, 0.29) is 11.2 Å². The summed E-state index contributed by atoms with van der Waals surface area (Å²) in [5.41, 5.74) is 5.12. The van der Waals surface area contributed by atoms with E-state index in [1.54, 1.807) is 0 Å². The minimum absolute atomic E-state index is 0.0140. The number of anilines is 1. The van der Waals surface area contributed by atoms with Crippen molar-refractivity contribution >= 4 is 17.5 Å². The second kappa shape index (κ2) is 5.69. The van der Waals surface area contributed by atoms with E-state index in [9.17, 15) is 4.79 Å². The molecule has 0 bridgehead atoms. The monoisotopic (exact) mass is 305 g/mol. The summed E-state index contributed by atoms with van der Waals surface area (Å²) in [6.45, 7) is 4.42. The van der Waals surface area contributed by atoms with Crippen molar-refractivity contribution in [2.45, 2.75) is 25.7 Å². The summed E-state index contributed by atoms with van der Waals surface area (Å²) >= 11 is 0. The Kier molecular flexibility index (Phi) is 3.85. The fourth-order valence-corrected chi connectivity index (χ4v) is 3.28. The van der Waals surface area contributed by atoms with Crippen molar-refractivity contribution in [1.82, 2.24) is 0 Å². The van der Waals surface area contributed by atoms with Crippen molar-refractivity contribution in [3.8, 4) is 0 Å². The van der Waals surface area contributed by atoms with Crippen LogP contribution in [0.4, 0.5) is 5.69 Å². The molecule has 2 heteroatoms. The predicted octanol–water partition coefficient (Wildman–Crippen LogP) is 4.70. The Morgan fingerprint density at radius 1 is 1.00 bits per heavy atom. The van der Waals surface area contributed by atoms with E-state index in [0.29, 0.717) is 0 Å². The first-order valence-electron chi connectivity index (χ1n) is 8.01. The van der Waals surface area contributed by atoms with Gasteiger partial charge in [0.05, 0.1) is 0 Å². The number of Topliss-reactive ketones (excluding diaryl/α,β-unsaturated/α-hetero) is 1. The van der Waals surface area contributed by atoms with Crippen LogP contribution in [0.2, 0.25) is 0 Å². The van der Waals surface area contributed by atoms with Crippen molar-refractivity contribution in [3.63, 3.8) is 0 Å². The number of hydrogen-bond donors (Lipinski definition) is 0. The van der Waals surface area contributed by atoms with Gasteiger partial charge in [0.1, 0.15) is 0 Å². The summed E-state index contributed by atoms with van der Waals surface area (Å²) in [6, 6.07) is 16.3. The number of benzene rings is 2. The van der Waals surface area contributed by atoms with Gasteiger partial charge in [-0.15, -0.1) is 0 Å². The average Bonchev–Trinajstić information content (AvgIpc) is 2.53. The molecule has 3 rings (SSSR count). The van der Waals surface area contributed by atoms with Gasteiger partial charge < -0.3 is 4.90 Å². The molecule has 0 amide bonds. The molecule has 0 saturated heterocycles. The SMILES string of the molecule is CN(C)c1ccc(/C=C2/CC(C)(C)c3ccccc3C2=O)cc1. The van der Waals surface area contributed by atoms with Crippen LogP contribution in [0.3, 0.4) is 0 Å². The van der Waals surface area contributed by atoms with Gasteiger partial charge in [-0.2, -0.15) is 0 Å². The molecule has 0 aliphatic heterocycles. The summed E-state index contributed by atoms with van der Waals surface area (Å²) in [5.74, 6) is 0.164. The first-order chi connectivity index (χ1) is 10.9. The van der Waals surface area contributed by atoms with E-state index in [2.05, 4.69) is 49.1 Å². The number of fused-ring (bicyclic) bond motifs is 1. The third kappa shape index (κ3) is 2.94. The summed E-state index contributed by atoms with van der Waals surface area (Å²) in [7, 11) is 4.05. The number of rotatable bonds is 2. The molecule has 0 radical (unpaired) electrons. The number of ketones is 1. The first-order valence-corrected chi connectivity index (χ1v) is 8.01. The molecule has 0 aromatic heterocycles. The summed E-state index contributed by atoms with van der Waals surface area (Å²) in [4.78, 5) is 14.9. The van der Waals surface area contributed by atoms with Crippen LogP contribution in [0, 0.1) is 0 Å². The lowest BCUT2D eigenvalue weighted by molar-refractivity contribution is 0.101. The molecule has 1 aliphatic carbocycles. The van der Waals surface area contributed by atoms with Crippen molar-refractivity contribution in [1.29, 1.82) is 0 Å². The van der Waals surface area contributed by atoms with Crippen LogP contribution in [0.15, 0.2) is 54.1 Å². The molecule has 0 N–H and O–H groups in total. The maximum atomic E-state index is 12.8. The molecule has 2 aromatic rings. The van der Waals surface area contributed by atoms with E-state index in [1.165, 1.54) is 0 Å². The predicted molar refractivity (Wildman–Crippen MR) is 97.2 cm³/mol. The Morgan fingerprint density at radius 2 is 1.65 bits per heavy atom. The molecule has 0 heterocycles. The van der Waals surface area contributed by atoms with Gasteiger partial charge in [0.15, 0.2) is 5.78 Å². The summed E-state index contributed by atoms with van der Waals surface area (Å²) in [5, 5.41) is 0.